The van der Waals surface area contributed by atoms with Crippen molar-refractivity contribution < 1.29 is 48.6 Å². The second-order valence-electron chi connectivity index (χ2n) is 15.7. The molecule has 1 aliphatic carbocycles. The summed E-state index contributed by atoms with van der Waals surface area (Å²) >= 11 is 0. The molecule has 0 unspecified atom stereocenters. The maximum atomic E-state index is 13.6. The number of phenolic OH excluding ortho intramolecular Hbond substituents is 2. The van der Waals surface area contributed by atoms with E-state index in [0.717, 1.165) is 12.0 Å². The minimum atomic E-state index is -1.26. The van der Waals surface area contributed by atoms with Crippen LogP contribution in [0.25, 0.3) is 0 Å². The molecule has 0 aliphatic heterocycles. The SMILES string of the molecule is C[C@@H](NC(=O)[C@@H](N)Cc1ccc(O)cc1)C(=O)NCC(=O)N[C@@H](CC1=CCCC=C1)C(=O)NNC(=O)[C@H](Cc1ccccc1)NC(=O)CNC(=O)[C@@H](C)NC(=O)[C@@H](N)Cc1ccc(O)cc1. The van der Waals surface area contributed by atoms with Crippen molar-refractivity contribution in [2.45, 2.75) is 88.6 Å². The molecule has 352 valence electrons. The van der Waals surface area contributed by atoms with Gasteiger partial charge in [0.25, 0.3) is 11.8 Å². The predicted octanol–water partition coefficient (Wildman–Crippen LogP) is -1.19. The van der Waals surface area contributed by atoms with Gasteiger partial charge in [-0.15, -0.1) is 0 Å². The van der Waals surface area contributed by atoms with Gasteiger partial charge in [-0.1, -0.05) is 72.8 Å². The lowest BCUT2D eigenvalue weighted by molar-refractivity contribution is -0.134. The molecule has 3 aromatic rings. The number of benzene rings is 3. The molecule has 0 bridgehead atoms. The molecule has 3 aromatic carbocycles. The maximum Gasteiger partial charge on any atom is 0.261 e. The summed E-state index contributed by atoms with van der Waals surface area (Å²) in [7, 11) is 0. The molecule has 0 fully saturated rings. The van der Waals surface area contributed by atoms with E-state index in [1.54, 1.807) is 60.7 Å². The number of hydrogen-bond donors (Lipinski definition) is 12. The number of hydrazine groups is 1. The fourth-order valence-electron chi connectivity index (χ4n) is 6.48. The zero-order valence-corrected chi connectivity index (χ0v) is 36.7. The number of aromatic hydroxyl groups is 2. The molecule has 0 heterocycles. The number of hydrogen-bond acceptors (Lipinski definition) is 12. The van der Waals surface area contributed by atoms with Crippen LogP contribution < -0.4 is 54.2 Å². The van der Waals surface area contributed by atoms with Gasteiger partial charge in [-0.05, 0) is 86.1 Å². The molecular formula is C46H58N10O10. The highest BCUT2D eigenvalue weighted by atomic mass is 16.3. The first kappa shape index (κ1) is 51.1. The van der Waals surface area contributed by atoms with Gasteiger partial charge in [-0.2, -0.15) is 0 Å². The molecule has 8 amide bonds. The predicted molar refractivity (Wildman–Crippen MR) is 242 cm³/mol. The number of carbonyl (C=O) groups is 8. The van der Waals surface area contributed by atoms with Gasteiger partial charge in [-0.3, -0.25) is 49.2 Å². The first-order valence-electron chi connectivity index (χ1n) is 21.3. The van der Waals surface area contributed by atoms with Gasteiger partial charge in [0, 0.05) is 12.8 Å². The second-order valence-corrected chi connectivity index (χ2v) is 15.7. The maximum absolute atomic E-state index is 13.6. The van der Waals surface area contributed by atoms with E-state index in [4.69, 9.17) is 11.5 Å². The number of nitrogens with two attached hydrogens (primary N) is 2. The molecule has 0 saturated carbocycles. The van der Waals surface area contributed by atoms with Gasteiger partial charge in [0.05, 0.1) is 25.2 Å². The average molecular weight is 911 g/mol. The minimum absolute atomic E-state index is 0.0195. The van der Waals surface area contributed by atoms with Crippen molar-refractivity contribution in [3.63, 3.8) is 0 Å². The van der Waals surface area contributed by atoms with E-state index < -0.39 is 96.6 Å². The largest absolute Gasteiger partial charge is 0.508 e. The summed E-state index contributed by atoms with van der Waals surface area (Å²) < 4.78 is 0. The highest BCUT2D eigenvalue weighted by Crippen LogP contribution is 2.16. The minimum Gasteiger partial charge on any atom is -0.508 e. The molecule has 20 heteroatoms. The van der Waals surface area contributed by atoms with E-state index in [1.807, 2.05) is 12.2 Å². The summed E-state index contributed by atoms with van der Waals surface area (Å²) in [6.07, 6.45) is 7.40. The van der Waals surface area contributed by atoms with Gasteiger partial charge >= 0.3 is 0 Å². The van der Waals surface area contributed by atoms with E-state index in [1.165, 1.54) is 38.1 Å². The lowest BCUT2D eigenvalue weighted by Crippen LogP contribution is -2.58. The van der Waals surface area contributed by atoms with Crippen LogP contribution in [0, 0.1) is 0 Å². The highest BCUT2D eigenvalue weighted by molar-refractivity contribution is 5.95. The number of phenols is 2. The zero-order valence-electron chi connectivity index (χ0n) is 36.7. The second kappa shape index (κ2) is 25.6. The van der Waals surface area contributed by atoms with Crippen LogP contribution in [0.1, 0.15) is 49.8 Å². The van der Waals surface area contributed by atoms with Gasteiger partial charge in [0.15, 0.2) is 0 Å². The van der Waals surface area contributed by atoms with E-state index in [9.17, 15) is 48.6 Å². The van der Waals surface area contributed by atoms with Crippen LogP contribution >= 0.6 is 0 Å². The molecule has 0 aromatic heterocycles. The van der Waals surface area contributed by atoms with Crippen molar-refractivity contribution in [3.8, 4) is 11.5 Å². The Morgan fingerprint density at radius 3 is 1.36 bits per heavy atom. The Balaban J connectivity index is 1.30. The van der Waals surface area contributed by atoms with Gasteiger partial charge in [0.1, 0.15) is 35.7 Å². The Kier molecular flexibility index (Phi) is 19.8. The summed E-state index contributed by atoms with van der Waals surface area (Å²) in [5.41, 5.74) is 19.4. The summed E-state index contributed by atoms with van der Waals surface area (Å²) in [6, 6.07) is 14.3. The van der Waals surface area contributed by atoms with Crippen LogP contribution in [-0.4, -0.2) is 107 Å². The van der Waals surface area contributed by atoms with Crippen molar-refractivity contribution in [1.29, 1.82) is 0 Å². The highest BCUT2D eigenvalue weighted by Gasteiger charge is 2.28. The summed E-state index contributed by atoms with van der Waals surface area (Å²) in [6.45, 7) is 1.68. The number of rotatable bonds is 22. The van der Waals surface area contributed by atoms with Crippen LogP contribution in [0.4, 0.5) is 0 Å². The fraction of sp³-hybridized carbons (Fsp3) is 0.348. The van der Waals surface area contributed by atoms with E-state index in [0.29, 0.717) is 23.1 Å². The molecular weight excluding hydrogens is 853 g/mol. The first-order chi connectivity index (χ1) is 31.5. The number of nitrogens with one attached hydrogen (secondary N) is 8. The monoisotopic (exact) mass is 910 g/mol. The standard InChI is InChI=1S/C46H58N10O10/c1-27(51-43(63)35(47)21-31-13-17-33(57)18-14-31)41(61)49-25-39(59)53-37(23-29-9-5-3-6-10-29)45(65)55-56-46(66)38(24-30-11-7-4-8-12-30)54-40(60)26-50-42(62)28(2)52-44(64)36(48)22-32-15-19-34(58)20-16-32/h3,5-7,9-20,27-28,35-38,57-58H,4,8,21-26,47-48H2,1-2H3,(H,49,61)(H,50,62)(H,51,63)(H,52,64)(H,53,59)(H,54,60)(H,55,65)(H,56,66)/t27-,28-,35+,36+,37+,38+/m1/s1. The summed E-state index contributed by atoms with van der Waals surface area (Å²) in [4.78, 5) is 104. The number of amides is 8. The molecule has 6 atom stereocenters. The number of carbonyl (C=O) groups excluding carboxylic acids is 8. The molecule has 20 nitrogen and oxygen atoms in total. The van der Waals surface area contributed by atoms with Gasteiger partial charge in [-0.25, -0.2) is 0 Å². The summed E-state index contributed by atoms with van der Waals surface area (Å²) in [5, 5.41) is 33.9. The zero-order chi connectivity index (χ0) is 48.2. The Morgan fingerprint density at radius 2 is 0.939 bits per heavy atom. The van der Waals surface area contributed by atoms with Crippen molar-refractivity contribution in [1.82, 2.24) is 42.8 Å². The van der Waals surface area contributed by atoms with Crippen molar-refractivity contribution in [2.24, 2.45) is 11.5 Å². The molecule has 0 spiro atoms. The molecule has 66 heavy (non-hydrogen) atoms. The molecule has 1 aliphatic rings. The average Bonchev–Trinajstić information content (AvgIpc) is 3.30. The van der Waals surface area contributed by atoms with Crippen molar-refractivity contribution >= 4 is 47.3 Å². The van der Waals surface area contributed by atoms with E-state index >= 15 is 0 Å². The smallest absolute Gasteiger partial charge is 0.261 e. The topological polar surface area (TPSA) is 325 Å². The third-order valence-corrected chi connectivity index (χ3v) is 10.2. The molecule has 14 N–H and O–H groups in total. The third kappa shape index (κ3) is 17.5. The Hall–Kier alpha value is -7.58. The molecule has 4 rings (SSSR count). The van der Waals surface area contributed by atoms with Crippen molar-refractivity contribution in [3.05, 3.63) is 119 Å². The fourth-order valence-corrected chi connectivity index (χ4v) is 6.48. The van der Waals surface area contributed by atoms with Crippen LogP contribution in [-0.2, 0) is 57.6 Å². The van der Waals surface area contributed by atoms with Crippen LogP contribution in [0.15, 0.2) is 103 Å². The lowest BCUT2D eigenvalue weighted by atomic mass is 9.99. The molecule has 0 radical (unpaired) electrons. The first-order valence-corrected chi connectivity index (χ1v) is 21.3. The van der Waals surface area contributed by atoms with E-state index in [-0.39, 0.29) is 37.2 Å². The Labute approximate surface area is 381 Å². The third-order valence-electron chi connectivity index (χ3n) is 10.2. The van der Waals surface area contributed by atoms with Crippen molar-refractivity contribution in [2.75, 3.05) is 13.1 Å². The lowest BCUT2D eigenvalue weighted by Gasteiger charge is -2.23. The Morgan fingerprint density at radius 1 is 0.515 bits per heavy atom. The Bertz CT molecular complexity index is 2240. The van der Waals surface area contributed by atoms with Crippen LogP contribution in [0.2, 0.25) is 0 Å². The number of allylic oxidation sites excluding steroid dienone is 3. The quantitative estimate of drug-likeness (QED) is 0.0530. The molecule has 0 saturated heterocycles. The summed E-state index contributed by atoms with van der Waals surface area (Å²) in [5.74, 6) is -5.67. The normalized spacial score (nSPS) is 14.6. The van der Waals surface area contributed by atoms with Crippen LogP contribution in [0.5, 0.6) is 11.5 Å². The van der Waals surface area contributed by atoms with Gasteiger partial charge < -0.3 is 53.6 Å². The van der Waals surface area contributed by atoms with Gasteiger partial charge in [0.2, 0.25) is 35.4 Å². The van der Waals surface area contributed by atoms with E-state index in [2.05, 4.69) is 42.8 Å². The van der Waals surface area contributed by atoms with Crippen LogP contribution in [0.3, 0.4) is 0 Å².